The molecule has 0 saturated heterocycles. The van der Waals surface area contributed by atoms with Crippen molar-refractivity contribution in [3.05, 3.63) is 81.4 Å². The van der Waals surface area contributed by atoms with E-state index in [0.29, 0.717) is 12.2 Å². The van der Waals surface area contributed by atoms with Gasteiger partial charge in [0.25, 0.3) is 5.56 Å². The molecule has 7 nitrogen and oxygen atoms in total. The van der Waals surface area contributed by atoms with Crippen LogP contribution in [0.15, 0.2) is 63.6 Å². The van der Waals surface area contributed by atoms with E-state index in [4.69, 9.17) is 4.74 Å². The van der Waals surface area contributed by atoms with Crippen LogP contribution in [-0.4, -0.2) is 16.8 Å². The van der Waals surface area contributed by atoms with E-state index >= 15 is 0 Å². The molecule has 2 aromatic carbocycles. The van der Waals surface area contributed by atoms with E-state index in [0.717, 1.165) is 10.1 Å². The number of rotatable bonds is 6. The molecule has 1 N–H and O–H groups in total. The number of nitriles is 1. The molecule has 1 heterocycles. The number of halogens is 1. The number of benzene rings is 2. The normalized spacial score (nSPS) is 10.9. The third-order valence-electron chi connectivity index (χ3n) is 4.66. The summed E-state index contributed by atoms with van der Waals surface area (Å²) in [7, 11) is 1.57. The maximum Gasteiger partial charge on any atom is 0.281 e. The topological polar surface area (TPSA) is 100.0 Å². The van der Waals surface area contributed by atoms with Crippen LogP contribution in [0.1, 0.15) is 16.7 Å². The molecule has 0 aliphatic carbocycles. The highest BCUT2D eigenvalue weighted by molar-refractivity contribution is 5.56. The van der Waals surface area contributed by atoms with Crippen molar-refractivity contribution in [3.8, 4) is 17.7 Å². The summed E-state index contributed by atoms with van der Waals surface area (Å²) in [5, 5.41) is 27.6. The SMILES string of the molecule is COc1ccc(CCn2c(O)c(C#N)c(C)c(N=Nc3ccccc3F)c2=O)cc1. The number of aromatic nitrogens is 1. The van der Waals surface area contributed by atoms with Gasteiger partial charge in [-0.25, -0.2) is 4.39 Å². The zero-order valence-electron chi connectivity index (χ0n) is 16.5. The smallest absolute Gasteiger partial charge is 0.281 e. The molecule has 1 aromatic heterocycles. The average Bonchev–Trinajstić information content (AvgIpc) is 2.75. The van der Waals surface area contributed by atoms with Gasteiger partial charge in [-0.1, -0.05) is 24.3 Å². The number of pyridine rings is 1. The van der Waals surface area contributed by atoms with Crippen molar-refractivity contribution >= 4 is 11.4 Å². The minimum Gasteiger partial charge on any atom is -0.497 e. The molecular formula is C22H19FN4O3. The number of aromatic hydroxyl groups is 1. The van der Waals surface area contributed by atoms with Crippen LogP contribution in [0, 0.1) is 24.1 Å². The highest BCUT2D eigenvalue weighted by Gasteiger charge is 2.19. The minimum atomic E-state index is -0.613. The second kappa shape index (κ2) is 9.01. The van der Waals surface area contributed by atoms with Crippen LogP contribution in [0.5, 0.6) is 11.6 Å². The Morgan fingerprint density at radius 1 is 1.17 bits per heavy atom. The van der Waals surface area contributed by atoms with E-state index in [9.17, 15) is 19.6 Å². The lowest BCUT2D eigenvalue weighted by Gasteiger charge is -2.13. The molecule has 3 aromatic rings. The lowest BCUT2D eigenvalue weighted by atomic mass is 10.1. The van der Waals surface area contributed by atoms with Crippen LogP contribution in [0.25, 0.3) is 0 Å². The Kier molecular flexibility index (Phi) is 6.23. The number of nitrogens with zero attached hydrogens (tertiary/aromatic N) is 4. The van der Waals surface area contributed by atoms with Gasteiger partial charge in [0.05, 0.1) is 7.11 Å². The first-order chi connectivity index (χ1) is 14.5. The van der Waals surface area contributed by atoms with E-state index < -0.39 is 17.3 Å². The van der Waals surface area contributed by atoms with Gasteiger partial charge in [-0.3, -0.25) is 9.36 Å². The molecule has 0 radical (unpaired) electrons. The minimum absolute atomic E-state index is 0.0346. The summed E-state index contributed by atoms with van der Waals surface area (Å²) >= 11 is 0. The largest absolute Gasteiger partial charge is 0.497 e. The molecule has 0 fully saturated rings. The number of hydrogen-bond donors (Lipinski definition) is 1. The summed E-state index contributed by atoms with van der Waals surface area (Å²) in [4.78, 5) is 12.9. The summed E-state index contributed by atoms with van der Waals surface area (Å²) in [6, 6.07) is 14.9. The Balaban J connectivity index is 1.99. The number of methoxy groups -OCH3 is 1. The lowest BCUT2D eigenvalue weighted by molar-refractivity contribution is 0.403. The molecule has 0 atom stereocenters. The van der Waals surface area contributed by atoms with Crippen molar-refractivity contribution in [2.24, 2.45) is 10.2 Å². The molecule has 8 heteroatoms. The Morgan fingerprint density at radius 2 is 1.87 bits per heavy atom. The number of azo groups is 1. The van der Waals surface area contributed by atoms with Gasteiger partial charge in [-0.2, -0.15) is 5.26 Å². The zero-order valence-corrected chi connectivity index (χ0v) is 16.5. The highest BCUT2D eigenvalue weighted by Crippen LogP contribution is 2.27. The second-order valence-corrected chi connectivity index (χ2v) is 6.49. The molecule has 3 rings (SSSR count). The van der Waals surface area contributed by atoms with Gasteiger partial charge >= 0.3 is 0 Å². The molecule has 0 unspecified atom stereocenters. The Bertz CT molecular complexity index is 1190. The fourth-order valence-electron chi connectivity index (χ4n) is 2.93. The molecule has 0 saturated carbocycles. The fraction of sp³-hybridized carbons (Fsp3) is 0.182. The van der Waals surface area contributed by atoms with E-state index in [1.54, 1.807) is 25.3 Å². The van der Waals surface area contributed by atoms with Gasteiger partial charge in [-0.05, 0) is 43.2 Å². The van der Waals surface area contributed by atoms with Crippen molar-refractivity contribution in [1.82, 2.24) is 4.57 Å². The molecule has 0 aliphatic heterocycles. The van der Waals surface area contributed by atoms with Gasteiger partial charge in [0.1, 0.15) is 23.1 Å². The van der Waals surface area contributed by atoms with Crippen LogP contribution in [0.4, 0.5) is 15.8 Å². The predicted molar refractivity (Wildman–Crippen MR) is 109 cm³/mol. The lowest BCUT2D eigenvalue weighted by Crippen LogP contribution is -2.22. The summed E-state index contributed by atoms with van der Waals surface area (Å²) in [5.41, 5.74) is 0.246. The summed E-state index contributed by atoms with van der Waals surface area (Å²) in [5.74, 6) is -0.312. The maximum absolute atomic E-state index is 13.8. The fourth-order valence-corrected chi connectivity index (χ4v) is 2.93. The molecule has 0 spiro atoms. The van der Waals surface area contributed by atoms with Gasteiger partial charge < -0.3 is 9.84 Å². The van der Waals surface area contributed by atoms with Crippen molar-refractivity contribution in [2.45, 2.75) is 19.9 Å². The number of ether oxygens (including phenoxy) is 1. The van der Waals surface area contributed by atoms with Crippen LogP contribution in [-0.2, 0) is 13.0 Å². The van der Waals surface area contributed by atoms with E-state index in [1.807, 2.05) is 18.2 Å². The standard InChI is InChI=1S/C22H19FN4O3/c1-14-17(13-24)21(28)27(12-11-15-7-9-16(30-2)10-8-15)22(29)20(14)26-25-19-6-4-3-5-18(19)23/h3-10,28H,11-12H2,1-2H3. The first-order valence-corrected chi connectivity index (χ1v) is 9.12. The van der Waals surface area contributed by atoms with Crippen LogP contribution in [0.2, 0.25) is 0 Å². The van der Waals surface area contributed by atoms with Crippen molar-refractivity contribution < 1.29 is 14.2 Å². The monoisotopic (exact) mass is 406 g/mol. The molecule has 0 aliphatic rings. The number of aryl methyl sites for hydroxylation is 1. The Morgan fingerprint density at radius 3 is 2.50 bits per heavy atom. The second-order valence-electron chi connectivity index (χ2n) is 6.49. The Hall–Kier alpha value is -3.99. The molecule has 152 valence electrons. The quantitative estimate of drug-likeness (QED) is 0.607. The van der Waals surface area contributed by atoms with Gasteiger partial charge in [0.15, 0.2) is 11.5 Å². The van der Waals surface area contributed by atoms with Crippen molar-refractivity contribution in [3.63, 3.8) is 0 Å². The van der Waals surface area contributed by atoms with E-state index in [-0.39, 0.29) is 29.0 Å². The molecular weight excluding hydrogens is 387 g/mol. The first kappa shape index (κ1) is 20.7. The third kappa shape index (κ3) is 4.20. The van der Waals surface area contributed by atoms with Crippen LogP contribution < -0.4 is 10.3 Å². The predicted octanol–water partition coefficient (Wildman–Crippen LogP) is 4.54. The van der Waals surface area contributed by atoms with Crippen LogP contribution >= 0.6 is 0 Å². The summed E-state index contributed by atoms with van der Waals surface area (Å²) < 4.78 is 20.0. The highest BCUT2D eigenvalue weighted by atomic mass is 19.1. The number of hydrogen-bond acceptors (Lipinski definition) is 6. The van der Waals surface area contributed by atoms with Gasteiger partial charge in [0, 0.05) is 12.1 Å². The summed E-state index contributed by atoms with van der Waals surface area (Å²) in [6.45, 7) is 1.61. The maximum atomic E-state index is 13.8. The van der Waals surface area contributed by atoms with E-state index in [1.165, 1.54) is 25.1 Å². The first-order valence-electron chi connectivity index (χ1n) is 9.12. The van der Waals surface area contributed by atoms with Crippen LogP contribution in [0.3, 0.4) is 0 Å². The molecule has 0 bridgehead atoms. The van der Waals surface area contributed by atoms with E-state index in [2.05, 4.69) is 10.2 Å². The zero-order chi connectivity index (χ0) is 21.7. The van der Waals surface area contributed by atoms with Gasteiger partial charge in [0.2, 0.25) is 5.88 Å². The summed E-state index contributed by atoms with van der Waals surface area (Å²) in [6.07, 6.45) is 0.426. The van der Waals surface area contributed by atoms with Crippen molar-refractivity contribution in [2.75, 3.05) is 7.11 Å². The van der Waals surface area contributed by atoms with Crippen molar-refractivity contribution in [1.29, 1.82) is 5.26 Å². The molecule has 30 heavy (non-hydrogen) atoms. The third-order valence-corrected chi connectivity index (χ3v) is 4.66. The van der Waals surface area contributed by atoms with Gasteiger partial charge in [-0.15, -0.1) is 10.2 Å². The molecule has 0 amide bonds. The average molecular weight is 406 g/mol. The Labute approximate surface area is 172 Å².